The van der Waals surface area contributed by atoms with Gasteiger partial charge in [0.2, 0.25) is 5.78 Å². The Morgan fingerprint density at radius 2 is 1.73 bits per heavy atom. The molecule has 0 unspecified atom stereocenters. The van der Waals surface area contributed by atoms with E-state index in [2.05, 4.69) is 0 Å². The zero-order valence-electron chi connectivity index (χ0n) is 9.22. The third-order valence-corrected chi connectivity index (χ3v) is 3.10. The van der Waals surface area contributed by atoms with Crippen molar-refractivity contribution in [3.05, 3.63) is 0 Å². The lowest BCUT2D eigenvalue weighted by atomic mass is 9.77. The first-order valence-corrected chi connectivity index (χ1v) is 5.46. The van der Waals surface area contributed by atoms with Gasteiger partial charge in [-0.1, -0.05) is 33.1 Å². The van der Waals surface area contributed by atoms with E-state index < -0.39 is 23.2 Å². The van der Waals surface area contributed by atoms with Crippen LogP contribution in [0.3, 0.4) is 0 Å². The second kappa shape index (κ2) is 4.16. The summed E-state index contributed by atoms with van der Waals surface area (Å²) < 4.78 is 27.5. The maximum Gasteiger partial charge on any atom is 0.333 e. The molecule has 0 radical (unpaired) electrons. The van der Waals surface area contributed by atoms with Crippen LogP contribution in [-0.2, 0) is 4.79 Å². The first-order valence-electron chi connectivity index (χ1n) is 5.46. The lowest BCUT2D eigenvalue weighted by Crippen LogP contribution is -2.55. The molecule has 1 N–H and O–H groups in total. The zero-order valence-corrected chi connectivity index (χ0v) is 9.22. The van der Waals surface area contributed by atoms with Crippen molar-refractivity contribution in [1.82, 2.24) is 0 Å². The van der Waals surface area contributed by atoms with Crippen molar-refractivity contribution in [2.45, 2.75) is 57.5 Å². The van der Waals surface area contributed by atoms with Gasteiger partial charge in [-0.3, -0.25) is 4.79 Å². The molecule has 4 heteroatoms. The predicted molar refractivity (Wildman–Crippen MR) is 52.8 cm³/mol. The fraction of sp³-hybridized carbons (Fsp3) is 0.909. The molecule has 88 valence electrons. The molecule has 0 aromatic carbocycles. The lowest BCUT2D eigenvalue weighted by Gasteiger charge is -2.38. The predicted octanol–water partition coefficient (Wildman–Crippen LogP) is 2.54. The molecule has 0 aliphatic heterocycles. The largest absolute Gasteiger partial charge is 0.383 e. The standard InChI is InChI=1S/C11H18F2O2/c1-8(2)9(14)11(12,13)10(15)6-4-3-5-7-10/h8,15H,3-7H2,1-2H3. The highest BCUT2D eigenvalue weighted by atomic mass is 19.3. The molecule has 1 saturated carbocycles. The smallest absolute Gasteiger partial charge is 0.333 e. The van der Waals surface area contributed by atoms with E-state index in [0.717, 1.165) is 6.42 Å². The summed E-state index contributed by atoms with van der Waals surface area (Å²) in [6.45, 7) is 2.87. The van der Waals surface area contributed by atoms with Crippen LogP contribution in [0, 0.1) is 5.92 Å². The van der Waals surface area contributed by atoms with Crippen molar-refractivity contribution in [3.63, 3.8) is 0 Å². The number of halogens is 2. The van der Waals surface area contributed by atoms with Gasteiger partial charge in [-0.05, 0) is 12.8 Å². The van der Waals surface area contributed by atoms with Crippen LogP contribution in [0.2, 0.25) is 0 Å². The molecular weight excluding hydrogens is 202 g/mol. The number of aliphatic hydroxyl groups is 1. The van der Waals surface area contributed by atoms with Crippen molar-refractivity contribution in [2.24, 2.45) is 5.92 Å². The van der Waals surface area contributed by atoms with Gasteiger partial charge in [0.05, 0.1) is 0 Å². The Balaban J connectivity index is 2.87. The number of ketones is 1. The Morgan fingerprint density at radius 1 is 1.27 bits per heavy atom. The summed E-state index contributed by atoms with van der Waals surface area (Å²) in [6, 6.07) is 0. The average molecular weight is 220 g/mol. The number of hydrogen-bond donors (Lipinski definition) is 1. The molecule has 0 amide bonds. The molecule has 0 saturated heterocycles. The van der Waals surface area contributed by atoms with Gasteiger partial charge in [-0.2, -0.15) is 8.78 Å². The molecule has 1 aliphatic rings. The maximum atomic E-state index is 13.7. The van der Waals surface area contributed by atoms with Crippen molar-refractivity contribution in [1.29, 1.82) is 0 Å². The molecule has 1 aliphatic carbocycles. The first-order chi connectivity index (χ1) is 6.81. The third-order valence-electron chi connectivity index (χ3n) is 3.10. The molecule has 0 bridgehead atoms. The summed E-state index contributed by atoms with van der Waals surface area (Å²) in [6.07, 6.45) is 2.04. The highest BCUT2D eigenvalue weighted by Crippen LogP contribution is 2.42. The van der Waals surface area contributed by atoms with E-state index in [-0.39, 0.29) is 12.8 Å². The average Bonchev–Trinajstić information content (AvgIpc) is 2.17. The van der Waals surface area contributed by atoms with Gasteiger partial charge in [0, 0.05) is 5.92 Å². The highest BCUT2D eigenvalue weighted by Gasteiger charge is 2.57. The van der Waals surface area contributed by atoms with E-state index in [1.807, 2.05) is 0 Å². The molecule has 2 nitrogen and oxygen atoms in total. The Kier molecular flexibility index (Phi) is 3.48. The van der Waals surface area contributed by atoms with Crippen LogP contribution < -0.4 is 0 Å². The maximum absolute atomic E-state index is 13.7. The Labute approximate surface area is 88.7 Å². The monoisotopic (exact) mass is 220 g/mol. The van der Waals surface area contributed by atoms with Crippen LogP contribution in [0.1, 0.15) is 46.0 Å². The number of carbonyl (C=O) groups excluding carboxylic acids is 1. The molecular formula is C11H18F2O2. The van der Waals surface area contributed by atoms with E-state index >= 15 is 0 Å². The van der Waals surface area contributed by atoms with E-state index in [0.29, 0.717) is 12.8 Å². The van der Waals surface area contributed by atoms with Gasteiger partial charge in [0.25, 0.3) is 0 Å². The van der Waals surface area contributed by atoms with Crippen LogP contribution in [0.4, 0.5) is 8.78 Å². The fourth-order valence-corrected chi connectivity index (χ4v) is 2.04. The van der Waals surface area contributed by atoms with Gasteiger partial charge < -0.3 is 5.11 Å². The molecule has 1 fully saturated rings. The van der Waals surface area contributed by atoms with Crippen LogP contribution in [0.5, 0.6) is 0 Å². The molecule has 0 aromatic rings. The van der Waals surface area contributed by atoms with Crippen molar-refractivity contribution in [2.75, 3.05) is 0 Å². The van der Waals surface area contributed by atoms with Gasteiger partial charge in [-0.25, -0.2) is 0 Å². The van der Waals surface area contributed by atoms with Gasteiger partial charge in [0.15, 0.2) is 0 Å². The van der Waals surface area contributed by atoms with Gasteiger partial charge in [0.1, 0.15) is 5.60 Å². The molecule has 0 spiro atoms. The molecule has 0 atom stereocenters. The first kappa shape index (κ1) is 12.6. The van der Waals surface area contributed by atoms with Crippen LogP contribution in [0.25, 0.3) is 0 Å². The van der Waals surface area contributed by atoms with Crippen molar-refractivity contribution >= 4 is 5.78 Å². The van der Waals surface area contributed by atoms with Gasteiger partial charge in [-0.15, -0.1) is 0 Å². The Hall–Kier alpha value is -0.510. The minimum atomic E-state index is -3.60. The summed E-state index contributed by atoms with van der Waals surface area (Å²) in [5.41, 5.74) is -2.10. The summed E-state index contributed by atoms with van der Waals surface area (Å²) in [4.78, 5) is 11.4. The summed E-state index contributed by atoms with van der Waals surface area (Å²) in [7, 11) is 0. The topological polar surface area (TPSA) is 37.3 Å². The van der Waals surface area contributed by atoms with E-state index in [1.54, 1.807) is 0 Å². The summed E-state index contributed by atoms with van der Waals surface area (Å²) in [5.74, 6) is -5.49. The molecule has 15 heavy (non-hydrogen) atoms. The zero-order chi connectivity index (χ0) is 11.7. The highest BCUT2D eigenvalue weighted by molar-refractivity contribution is 5.88. The minimum Gasteiger partial charge on any atom is -0.383 e. The number of rotatable bonds is 3. The number of Topliss-reactive ketones (excluding diaryl/α,β-unsaturated/α-hetero) is 1. The van der Waals surface area contributed by atoms with Crippen LogP contribution in [-0.4, -0.2) is 22.4 Å². The summed E-state index contributed by atoms with van der Waals surface area (Å²) in [5, 5.41) is 9.85. The lowest BCUT2D eigenvalue weighted by molar-refractivity contribution is -0.201. The minimum absolute atomic E-state index is 0.0263. The Bertz CT molecular complexity index is 243. The third kappa shape index (κ3) is 2.19. The van der Waals surface area contributed by atoms with E-state index in [1.165, 1.54) is 13.8 Å². The quantitative estimate of drug-likeness (QED) is 0.793. The second-order valence-corrected chi connectivity index (χ2v) is 4.69. The SMILES string of the molecule is CC(C)C(=O)C(F)(F)C1(O)CCCCC1. The van der Waals surface area contributed by atoms with Crippen LogP contribution >= 0.6 is 0 Å². The van der Waals surface area contributed by atoms with Crippen molar-refractivity contribution in [3.8, 4) is 0 Å². The number of carbonyl (C=O) groups is 1. The Morgan fingerprint density at radius 3 is 2.13 bits per heavy atom. The van der Waals surface area contributed by atoms with E-state index in [9.17, 15) is 18.7 Å². The van der Waals surface area contributed by atoms with Gasteiger partial charge >= 0.3 is 5.92 Å². The fourth-order valence-electron chi connectivity index (χ4n) is 2.04. The van der Waals surface area contributed by atoms with E-state index in [4.69, 9.17) is 0 Å². The number of hydrogen-bond acceptors (Lipinski definition) is 2. The second-order valence-electron chi connectivity index (χ2n) is 4.69. The molecule has 1 rings (SSSR count). The normalized spacial score (nSPS) is 21.7. The number of alkyl halides is 2. The van der Waals surface area contributed by atoms with Crippen LogP contribution in [0.15, 0.2) is 0 Å². The molecule has 0 heterocycles. The van der Waals surface area contributed by atoms with Crippen molar-refractivity contribution < 1.29 is 18.7 Å². The molecule has 0 aromatic heterocycles. The summed E-state index contributed by atoms with van der Waals surface area (Å²) >= 11 is 0.